The molecule has 0 radical (unpaired) electrons. The van der Waals surface area contributed by atoms with E-state index < -0.39 is 8.32 Å². The SMILES string of the molecule is C[Si]1(C)OC(c2ccccc2)c2ccc(F)cc21. The first-order chi connectivity index (χ1) is 8.58. The fourth-order valence-corrected chi connectivity index (χ4v) is 4.95. The van der Waals surface area contributed by atoms with Crippen LogP contribution < -0.4 is 5.19 Å². The lowest BCUT2D eigenvalue weighted by Gasteiger charge is -2.18. The van der Waals surface area contributed by atoms with E-state index in [4.69, 9.17) is 4.43 Å². The van der Waals surface area contributed by atoms with E-state index in [1.165, 1.54) is 6.07 Å². The van der Waals surface area contributed by atoms with Gasteiger partial charge in [-0.1, -0.05) is 36.4 Å². The van der Waals surface area contributed by atoms with Gasteiger partial charge in [-0.15, -0.1) is 0 Å². The Bertz CT molecular complexity index is 580. The predicted octanol–water partition coefficient (Wildman–Crippen LogP) is 3.36. The second kappa shape index (κ2) is 4.04. The molecule has 2 aromatic carbocycles. The number of hydrogen-bond donors (Lipinski definition) is 0. The number of rotatable bonds is 1. The third-order valence-corrected chi connectivity index (χ3v) is 6.02. The Kier molecular flexibility index (Phi) is 2.61. The van der Waals surface area contributed by atoms with Crippen LogP contribution in [0.15, 0.2) is 48.5 Å². The van der Waals surface area contributed by atoms with Gasteiger partial charge in [-0.3, -0.25) is 0 Å². The van der Waals surface area contributed by atoms with E-state index >= 15 is 0 Å². The van der Waals surface area contributed by atoms with Crippen molar-refractivity contribution in [2.45, 2.75) is 19.2 Å². The molecule has 0 N–H and O–H groups in total. The van der Waals surface area contributed by atoms with Crippen molar-refractivity contribution in [3.05, 3.63) is 65.5 Å². The standard InChI is InChI=1S/C15H15FOSi/c1-18(2)14-10-12(16)8-9-13(14)15(17-18)11-6-4-3-5-7-11/h3-10,15H,1-2H3. The Hall–Kier alpha value is -1.45. The summed E-state index contributed by atoms with van der Waals surface area (Å²) in [4.78, 5) is 0. The maximum absolute atomic E-state index is 13.4. The first-order valence-electron chi connectivity index (χ1n) is 6.10. The van der Waals surface area contributed by atoms with Crippen LogP contribution in [-0.4, -0.2) is 8.32 Å². The summed E-state index contributed by atoms with van der Waals surface area (Å²) >= 11 is 0. The van der Waals surface area contributed by atoms with Gasteiger partial charge < -0.3 is 4.43 Å². The van der Waals surface area contributed by atoms with Crippen molar-refractivity contribution >= 4 is 13.5 Å². The molecule has 18 heavy (non-hydrogen) atoms. The van der Waals surface area contributed by atoms with Gasteiger partial charge >= 0.3 is 0 Å². The van der Waals surface area contributed by atoms with E-state index in [0.29, 0.717) is 0 Å². The van der Waals surface area contributed by atoms with Gasteiger partial charge in [-0.25, -0.2) is 4.39 Å². The average Bonchev–Trinajstić information content (AvgIpc) is 2.63. The number of halogens is 1. The number of benzene rings is 2. The molecule has 0 saturated carbocycles. The highest BCUT2D eigenvalue weighted by atomic mass is 28.4. The van der Waals surface area contributed by atoms with Crippen LogP contribution in [0.1, 0.15) is 17.2 Å². The van der Waals surface area contributed by atoms with Crippen LogP contribution >= 0.6 is 0 Å². The van der Waals surface area contributed by atoms with Gasteiger partial charge in [0, 0.05) is 0 Å². The van der Waals surface area contributed by atoms with Crippen molar-refractivity contribution in [3.63, 3.8) is 0 Å². The average molecular weight is 258 g/mol. The highest BCUT2D eigenvalue weighted by Gasteiger charge is 2.40. The van der Waals surface area contributed by atoms with Crippen molar-refractivity contribution < 1.29 is 8.82 Å². The molecule has 2 aromatic rings. The zero-order valence-corrected chi connectivity index (χ0v) is 11.5. The molecule has 0 saturated heterocycles. The summed E-state index contributed by atoms with van der Waals surface area (Å²) in [5, 5.41) is 1.08. The quantitative estimate of drug-likeness (QED) is 0.713. The first kappa shape index (κ1) is 11.6. The molecule has 1 aliphatic rings. The first-order valence-corrected chi connectivity index (χ1v) is 9.01. The topological polar surface area (TPSA) is 9.23 Å². The lowest BCUT2D eigenvalue weighted by atomic mass is 10.0. The van der Waals surface area contributed by atoms with E-state index in [0.717, 1.165) is 16.3 Å². The Morgan fingerprint density at radius 1 is 1.06 bits per heavy atom. The molecule has 0 aromatic heterocycles. The molecule has 0 spiro atoms. The smallest absolute Gasteiger partial charge is 0.219 e. The van der Waals surface area contributed by atoms with Crippen LogP contribution in [0.5, 0.6) is 0 Å². The lowest BCUT2D eigenvalue weighted by Crippen LogP contribution is -2.40. The van der Waals surface area contributed by atoms with Crippen molar-refractivity contribution in [1.29, 1.82) is 0 Å². The summed E-state index contributed by atoms with van der Waals surface area (Å²) in [5.74, 6) is -0.174. The van der Waals surface area contributed by atoms with Crippen molar-refractivity contribution in [2.75, 3.05) is 0 Å². The van der Waals surface area contributed by atoms with Crippen LogP contribution in [-0.2, 0) is 4.43 Å². The molecule has 0 bridgehead atoms. The third-order valence-electron chi connectivity index (χ3n) is 3.46. The molecule has 1 heterocycles. The van der Waals surface area contributed by atoms with Crippen LogP contribution in [0.2, 0.25) is 13.1 Å². The van der Waals surface area contributed by atoms with Crippen molar-refractivity contribution in [1.82, 2.24) is 0 Å². The summed E-state index contributed by atoms with van der Waals surface area (Å²) < 4.78 is 19.6. The number of hydrogen-bond acceptors (Lipinski definition) is 1. The van der Waals surface area contributed by atoms with Gasteiger partial charge in [0.15, 0.2) is 0 Å². The monoisotopic (exact) mass is 258 g/mol. The molecular weight excluding hydrogens is 243 g/mol. The summed E-state index contributed by atoms with van der Waals surface area (Å²) in [5.41, 5.74) is 2.27. The van der Waals surface area contributed by atoms with E-state index in [1.807, 2.05) is 24.3 Å². The fraction of sp³-hybridized carbons (Fsp3) is 0.200. The van der Waals surface area contributed by atoms with Gasteiger partial charge in [0.2, 0.25) is 8.32 Å². The summed E-state index contributed by atoms with van der Waals surface area (Å²) in [7, 11) is -1.98. The van der Waals surface area contributed by atoms with E-state index in [9.17, 15) is 4.39 Å². The minimum absolute atomic E-state index is 0.0385. The molecule has 0 amide bonds. The summed E-state index contributed by atoms with van der Waals surface area (Å²) in [6, 6.07) is 15.2. The maximum atomic E-state index is 13.4. The second-order valence-electron chi connectivity index (χ2n) is 5.15. The minimum Gasteiger partial charge on any atom is -0.402 e. The molecule has 3 rings (SSSR count). The van der Waals surface area contributed by atoms with Crippen LogP contribution in [0.3, 0.4) is 0 Å². The molecular formula is C15H15FOSi. The Labute approximate surface area is 107 Å². The third kappa shape index (κ3) is 1.80. The largest absolute Gasteiger partial charge is 0.402 e. The van der Waals surface area contributed by atoms with Crippen LogP contribution in [0.4, 0.5) is 4.39 Å². The zero-order valence-electron chi connectivity index (χ0n) is 10.5. The Balaban J connectivity index is 2.13. The van der Waals surface area contributed by atoms with Crippen LogP contribution in [0, 0.1) is 5.82 Å². The summed E-state index contributed by atoms with van der Waals surface area (Å²) in [6.07, 6.45) is -0.0385. The Morgan fingerprint density at radius 3 is 2.50 bits per heavy atom. The molecule has 1 nitrogen and oxygen atoms in total. The highest BCUT2D eigenvalue weighted by Crippen LogP contribution is 2.35. The molecule has 1 aliphatic heterocycles. The zero-order chi connectivity index (χ0) is 12.8. The normalized spacial score (nSPS) is 20.7. The van der Waals surface area contributed by atoms with Gasteiger partial charge in [-0.05, 0) is 41.5 Å². The molecule has 0 aliphatic carbocycles. The van der Waals surface area contributed by atoms with Crippen LogP contribution in [0.25, 0.3) is 0 Å². The van der Waals surface area contributed by atoms with E-state index in [-0.39, 0.29) is 11.9 Å². The van der Waals surface area contributed by atoms with Gasteiger partial charge in [0.25, 0.3) is 0 Å². The lowest BCUT2D eigenvalue weighted by molar-refractivity contribution is 0.259. The molecule has 1 unspecified atom stereocenters. The predicted molar refractivity (Wildman–Crippen MR) is 72.9 cm³/mol. The fourth-order valence-electron chi connectivity index (χ4n) is 2.58. The molecule has 3 heteroatoms. The van der Waals surface area contributed by atoms with E-state index in [1.54, 1.807) is 6.07 Å². The van der Waals surface area contributed by atoms with Gasteiger partial charge in [-0.2, -0.15) is 0 Å². The minimum atomic E-state index is -1.98. The van der Waals surface area contributed by atoms with Crippen molar-refractivity contribution in [3.8, 4) is 0 Å². The Morgan fingerprint density at radius 2 is 1.78 bits per heavy atom. The van der Waals surface area contributed by atoms with E-state index in [2.05, 4.69) is 25.2 Å². The number of fused-ring (bicyclic) bond motifs is 1. The molecule has 1 atom stereocenters. The maximum Gasteiger partial charge on any atom is 0.219 e. The highest BCUT2D eigenvalue weighted by molar-refractivity contribution is 6.85. The molecule has 0 fully saturated rings. The second-order valence-corrected chi connectivity index (χ2v) is 8.95. The summed E-state index contributed by atoms with van der Waals surface area (Å²) in [6.45, 7) is 4.24. The molecule has 92 valence electrons. The van der Waals surface area contributed by atoms with Gasteiger partial charge in [0.05, 0.1) is 6.10 Å². The van der Waals surface area contributed by atoms with Crippen molar-refractivity contribution in [2.24, 2.45) is 0 Å². The van der Waals surface area contributed by atoms with Gasteiger partial charge in [0.1, 0.15) is 5.82 Å².